The molecule has 0 fully saturated rings. The van der Waals surface area contributed by atoms with Gasteiger partial charge >= 0.3 is 0 Å². The van der Waals surface area contributed by atoms with E-state index in [0.717, 1.165) is 22.4 Å². The fourth-order valence-corrected chi connectivity index (χ4v) is 3.71. The Hall–Kier alpha value is -4.20. The summed E-state index contributed by atoms with van der Waals surface area (Å²) in [5, 5.41) is 11.6. The minimum atomic E-state index is -0.329. The van der Waals surface area contributed by atoms with Crippen LogP contribution in [0, 0.1) is 13.8 Å². The third-order valence-electron chi connectivity index (χ3n) is 5.83. The van der Waals surface area contributed by atoms with Crippen LogP contribution in [0.3, 0.4) is 0 Å². The molecule has 4 aromatic rings. The molecule has 34 heavy (non-hydrogen) atoms. The number of benzene rings is 2. The predicted molar refractivity (Wildman–Crippen MR) is 129 cm³/mol. The molecule has 2 aromatic carbocycles. The summed E-state index contributed by atoms with van der Waals surface area (Å²) in [5.74, 6) is 0.893. The molecule has 1 atom stereocenters. The molecule has 0 unspecified atom stereocenters. The molecule has 4 rings (SSSR count). The highest BCUT2D eigenvalue weighted by atomic mass is 16.5. The van der Waals surface area contributed by atoms with E-state index in [1.165, 1.54) is 5.56 Å². The van der Waals surface area contributed by atoms with Gasteiger partial charge in [-0.05, 0) is 73.9 Å². The van der Waals surface area contributed by atoms with Crippen LogP contribution in [0.5, 0.6) is 11.5 Å². The molecule has 0 aliphatic carbocycles. The number of aryl methyl sites for hydroxylation is 2. The van der Waals surface area contributed by atoms with Gasteiger partial charge < -0.3 is 14.8 Å². The molecule has 0 saturated carbocycles. The second-order valence-electron chi connectivity index (χ2n) is 8.01. The van der Waals surface area contributed by atoms with Crippen molar-refractivity contribution in [3.05, 3.63) is 83.3 Å². The van der Waals surface area contributed by atoms with Crippen LogP contribution in [0.15, 0.2) is 60.9 Å². The third kappa shape index (κ3) is 4.47. The standard InChI is InChI=1S/C26H27N5O3/c1-16-6-8-21(14-17(16)2)31-25(19-10-12-27-13-11-19)24(29-30-31)26(32)28-18(3)20-7-9-22(33-4)23(15-20)34-5/h6-15,18H,1-5H3,(H,28,32)/t18-/m1/s1. The lowest BCUT2D eigenvalue weighted by molar-refractivity contribution is 0.0935. The van der Waals surface area contributed by atoms with Crippen LogP contribution >= 0.6 is 0 Å². The topological polar surface area (TPSA) is 91.2 Å². The van der Waals surface area contributed by atoms with E-state index in [1.54, 1.807) is 31.3 Å². The summed E-state index contributed by atoms with van der Waals surface area (Å²) >= 11 is 0. The zero-order valence-electron chi connectivity index (χ0n) is 19.9. The van der Waals surface area contributed by atoms with Gasteiger partial charge in [0.2, 0.25) is 0 Å². The first-order chi connectivity index (χ1) is 16.4. The summed E-state index contributed by atoms with van der Waals surface area (Å²) in [4.78, 5) is 17.5. The fraction of sp³-hybridized carbons (Fsp3) is 0.231. The molecule has 0 spiro atoms. The molecule has 0 aliphatic heterocycles. The van der Waals surface area contributed by atoms with Crippen molar-refractivity contribution in [1.29, 1.82) is 0 Å². The van der Waals surface area contributed by atoms with Crippen LogP contribution in [0.2, 0.25) is 0 Å². The summed E-state index contributed by atoms with van der Waals surface area (Å²) in [6.07, 6.45) is 3.36. The minimum absolute atomic E-state index is 0.233. The van der Waals surface area contributed by atoms with Crippen molar-refractivity contribution >= 4 is 5.91 Å². The third-order valence-corrected chi connectivity index (χ3v) is 5.83. The molecule has 2 aromatic heterocycles. The first-order valence-corrected chi connectivity index (χ1v) is 10.9. The lowest BCUT2D eigenvalue weighted by Crippen LogP contribution is -2.27. The maximum atomic E-state index is 13.4. The van der Waals surface area contributed by atoms with Gasteiger partial charge in [-0.15, -0.1) is 5.10 Å². The maximum absolute atomic E-state index is 13.4. The summed E-state index contributed by atoms with van der Waals surface area (Å²) in [6.45, 7) is 6.00. The molecule has 8 nitrogen and oxygen atoms in total. The number of aromatic nitrogens is 4. The second kappa shape index (κ2) is 9.74. The van der Waals surface area contributed by atoms with E-state index in [1.807, 2.05) is 62.4 Å². The van der Waals surface area contributed by atoms with E-state index in [2.05, 4.69) is 27.5 Å². The highest BCUT2D eigenvalue weighted by Gasteiger charge is 2.24. The SMILES string of the molecule is COc1ccc([C@@H](C)NC(=O)c2nnn(-c3ccc(C)c(C)c3)c2-c2ccncc2)cc1OC. The van der Waals surface area contributed by atoms with Gasteiger partial charge in [0.1, 0.15) is 5.69 Å². The van der Waals surface area contributed by atoms with E-state index in [9.17, 15) is 4.79 Å². The van der Waals surface area contributed by atoms with Crippen molar-refractivity contribution < 1.29 is 14.3 Å². The Kier molecular flexibility index (Phi) is 6.58. The number of carbonyl (C=O) groups excluding carboxylic acids is 1. The Morgan fingerprint density at radius 3 is 2.35 bits per heavy atom. The number of rotatable bonds is 7. The van der Waals surface area contributed by atoms with Crippen LogP contribution < -0.4 is 14.8 Å². The van der Waals surface area contributed by atoms with Crippen LogP contribution in [0.1, 0.15) is 40.1 Å². The van der Waals surface area contributed by atoms with Crippen LogP contribution in [-0.4, -0.2) is 40.1 Å². The average molecular weight is 458 g/mol. The molecule has 1 N–H and O–H groups in total. The van der Waals surface area contributed by atoms with Gasteiger partial charge in [0.25, 0.3) is 5.91 Å². The monoisotopic (exact) mass is 457 g/mol. The molecule has 8 heteroatoms. The van der Waals surface area contributed by atoms with Gasteiger partial charge in [0.15, 0.2) is 17.2 Å². The van der Waals surface area contributed by atoms with Crippen molar-refractivity contribution in [2.45, 2.75) is 26.8 Å². The smallest absolute Gasteiger partial charge is 0.274 e. The second-order valence-corrected chi connectivity index (χ2v) is 8.01. The maximum Gasteiger partial charge on any atom is 0.274 e. The number of pyridine rings is 1. The molecule has 0 bridgehead atoms. The molecule has 174 valence electrons. The highest BCUT2D eigenvalue weighted by molar-refractivity contribution is 5.98. The number of nitrogens with one attached hydrogen (secondary N) is 1. The van der Waals surface area contributed by atoms with Crippen molar-refractivity contribution in [3.63, 3.8) is 0 Å². The van der Waals surface area contributed by atoms with E-state index in [4.69, 9.17) is 9.47 Å². The molecule has 0 saturated heterocycles. The molecule has 1 amide bonds. The largest absolute Gasteiger partial charge is 0.493 e. The number of nitrogens with zero attached hydrogens (tertiary/aromatic N) is 4. The van der Waals surface area contributed by atoms with Gasteiger partial charge in [-0.2, -0.15) is 0 Å². The highest BCUT2D eigenvalue weighted by Crippen LogP contribution is 2.31. The zero-order chi connectivity index (χ0) is 24.2. The summed E-state index contributed by atoms with van der Waals surface area (Å²) in [6, 6.07) is 15.0. The normalized spacial score (nSPS) is 11.7. The zero-order valence-corrected chi connectivity index (χ0v) is 19.9. The van der Waals surface area contributed by atoms with E-state index < -0.39 is 0 Å². The van der Waals surface area contributed by atoms with Gasteiger partial charge in [0.05, 0.1) is 25.9 Å². The minimum Gasteiger partial charge on any atom is -0.493 e. The lowest BCUT2D eigenvalue weighted by atomic mass is 10.1. The number of methoxy groups -OCH3 is 2. The Labute approximate surface area is 198 Å². The van der Waals surface area contributed by atoms with Gasteiger partial charge in [-0.1, -0.05) is 17.3 Å². The number of ether oxygens (including phenoxy) is 2. The Morgan fingerprint density at radius 2 is 1.68 bits per heavy atom. The summed E-state index contributed by atoms with van der Waals surface area (Å²) in [7, 11) is 3.17. The van der Waals surface area contributed by atoms with Crippen LogP contribution in [0.4, 0.5) is 0 Å². The van der Waals surface area contributed by atoms with Gasteiger partial charge in [-0.25, -0.2) is 4.68 Å². The molecule has 0 aliphatic rings. The average Bonchev–Trinajstić information content (AvgIpc) is 3.31. The van der Waals surface area contributed by atoms with Crippen molar-refractivity contribution in [2.24, 2.45) is 0 Å². The Morgan fingerprint density at radius 1 is 0.941 bits per heavy atom. The van der Waals surface area contributed by atoms with Gasteiger partial charge in [0, 0.05) is 18.0 Å². The quantitative estimate of drug-likeness (QED) is 0.441. The Balaban J connectivity index is 1.70. The molecular formula is C26H27N5O3. The van der Waals surface area contributed by atoms with Crippen LogP contribution in [0.25, 0.3) is 16.9 Å². The number of carbonyl (C=O) groups is 1. The predicted octanol–water partition coefficient (Wildman–Crippen LogP) is 4.45. The summed E-state index contributed by atoms with van der Waals surface area (Å²) < 4.78 is 12.4. The molecule has 2 heterocycles. The van der Waals surface area contributed by atoms with Gasteiger partial charge in [-0.3, -0.25) is 9.78 Å². The van der Waals surface area contributed by atoms with E-state index in [-0.39, 0.29) is 17.6 Å². The fourth-order valence-electron chi connectivity index (χ4n) is 3.71. The van der Waals surface area contributed by atoms with Crippen molar-refractivity contribution in [3.8, 4) is 28.4 Å². The Bertz CT molecular complexity index is 1320. The van der Waals surface area contributed by atoms with E-state index >= 15 is 0 Å². The number of amides is 1. The lowest BCUT2D eigenvalue weighted by Gasteiger charge is -2.16. The van der Waals surface area contributed by atoms with Crippen LogP contribution in [-0.2, 0) is 0 Å². The van der Waals surface area contributed by atoms with E-state index in [0.29, 0.717) is 17.2 Å². The molecular weight excluding hydrogens is 430 g/mol. The number of hydrogen-bond donors (Lipinski definition) is 1. The first kappa shape index (κ1) is 23.0. The van der Waals surface area contributed by atoms with Crippen molar-refractivity contribution in [1.82, 2.24) is 25.3 Å². The number of hydrogen-bond acceptors (Lipinski definition) is 6. The summed E-state index contributed by atoms with van der Waals surface area (Å²) in [5.41, 5.74) is 5.63. The first-order valence-electron chi connectivity index (χ1n) is 10.9. The van der Waals surface area contributed by atoms with Crippen molar-refractivity contribution in [2.75, 3.05) is 14.2 Å². The molecule has 0 radical (unpaired) electrons.